The minimum absolute atomic E-state index is 0.204. The normalized spacial score (nSPS) is 16.8. The van der Waals surface area contributed by atoms with E-state index >= 15 is 0 Å². The van der Waals surface area contributed by atoms with Crippen LogP contribution in [0, 0.1) is 24.1 Å². The Kier molecular flexibility index (Phi) is 7.01. The fourth-order valence-electron chi connectivity index (χ4n) is 3.58. The van der Waals surface area contributed by atoms with Crippen molar-refractivity contribution in [3.8, 4) is 6.07 Å². The molecular formula is C26H19ClFN3O2S. The molecule has 0 unspecified atom stereocenters. The number of hydrogen-bond acceptors (Lipinski definition) is 4. The molecule has 1 aliphatic heterocycles. The van der Waals surface area contributed by atoms with Crippen molar-refractivity contribution in [3.05, 3.63) is 105 Å². The van der Waals surface area contributed by atoms with Gasteiger partial charge in [-0.05, 0) is 73.0 Å². The van der Waals surface area contributed by atoms with Crippen LogP contribution in [0.15, 0.2) is 83.4 Å². The number of nitrogens with one attached hydrogen (secondary N) is 1. The van der Waals surface area contributed by atoms with Gasteiger partial charge < -0.3 is 5.32 Å². The highest BCUT2D eigenvalue weighted by Gasteiger charge is 2.41. The second-order valence-corrected chi connectivity index (χ2v) is 9.27. The van der Waals surface area contributed by atoms with Gasteiger partial charge in [-0.15, -0.1) is 0 Å². The summed E-state index contributed by atoms with van der Waals surface area (Å²) in [5.74, 6) is -1.38. The Morgan fingerprint density at radius 1 is 1.12 bits per heavy atom. The highest BCUT2D eigenvalue weighted by atomic mass is 35.5. The third kappa shape index (κ3) is 4.98. The summed E-state index contributed by atoms with van der Waals surface area (Å²) in [5.41, 5.74) is 2.68. The monoisotopic (exact) mass is 491 g/mol. The summed E-state index contributed by atoms with van der Waals surface area (Å²) in [6.45, 7) is 1.97. The summed E-state index contributed by atoms with van der Waals surface area (Å²) in [4.78, 5) is 27.8. The zero-order chi connectivity index (χ0) is 24.2. The molecule has 0 aromatic heterocycles. The van der Waals surface area contributed by atoms with Gasteiger partial charge in [-0.1, -0.05) is 47.6 Å². The van der Waals surface area contributed by atoms with E-state index in [0.717, 1.165) is 22.9 Å². The maximum absolute atomic E-state index is 13.6. The summed E-state index contributed by atoms with van der Waals surface area (Å²) < 4.78 is 13.6. The van der Waals surface area contributed by atoms with Gasteiger partial charge in [0.2, 0.25) is 5.91 Å². The van der Waals surface area contributed by atoms with E-state index in [4.69, 9.17) is 11.6 Å². The number of rotatable bonds is 5. The summed E-state index contributed by atoms with van der Waals surface area (Å²) in [7, 11) is 0. The number of anilines is 2. The largest absolute Gasteiger partial charge is 0.321 e. The van der Waals surface area contributed by atoms with Crippen molar-refractivity contribution in [2.24, 2.45) is 0 Å². The molecule has 170 valence electrons. The molecule has 0 bridgehead atoms. The average molecular weight is 492 g/mol. The number of halogens is 2. The Balaban J connectivity index is 1.73. The van der Waals surface area contributed by atoms with Gasteiger partial charge in [-0.2, -0.15) is 5.26 Å². The van der Waals surface area contributed by atoms with Crippen LogP contribution < -0.4 is 10.2 Å². The van der Waals surface area contributed by atoms with Crippen LogP contribution in [-0.2, 0) is 16.0 Å². The molecule has 8 heteroatoms. The number of carbonyl (C=O) groups is 2. The number of thioether (sulfide) groups is 1. The minimum Gasteiger partial charge on any atom is -0.321 e. The number of nitriles is 1. The molecule has 3 aromatic rings. The minimum atomic E-state index is -0.649. The summed E-state index contributed by atoms with van der Waals surface area (Å²) in [6, 6.07) is 21.5. The van der Waals surface area contributed by atoms with Crippen molar-refractivity contribution in [2.75, 3.05) is 10.2 Å². The predicted molar refractivity (Wildman–Crippen MR) is 133 cm³/mol. The van der Waals surface area contributed by atoms with Crippen LogP contribution in [0.4, 0.5) is 15.8 Å². The standard InChI is InChI=1S/C26H19ClFN3O2S/c1-16-4-2-3-5-17(16)14-23-25(33)31(21-12-8-19(28)9-13-21)26(34-23)22(15-29)24(32)30-20-10-6-18(27)7-11-20/h2-13,23H,14H2,1H3,(H,30,32)/b26-22-/t23-/m1/s1. The van der Waals surface area contributed by atoms with Crippen LogP contribution in [0.5, 0.6) is 0 Å². The molecule has 0 saturated carbocycles. The van der Waals surface area contributed by atoms with E-state index in [0.29, 0.717) is 22.8 Å². The smallest absolute Gasteiger partial charge is 0.269 e. The number of amides is 2. The SMILES string of the molecule is Cc1ccccc1C[C@H]1S/C(=C(/C#N)C(=O)Nc2ccc(Cl)cc2)N(c2ccc(F)cc2)C1=O. The lowest BCUT2D eigenvalue weighted by atomic mass is 10.0. The zero-order valence-electron chi connectivity index (χ0n) is 18.1. The first kappa shape index (κ1) is 23.6. The van der Waals surface area contributed by atoms with Gasteiger partial charge in [-0.3, -0.25) is 14.5 Å². The van der Waals surface area contributed by atoms with E-state index in [1.807, 2.05) is 37.3 Å². The predicted octanol–water partition coefficient (Wildman–Crippen LogP) is 5.85. The summed E-state index contributed by atoms with van der Waals surface area (Å²) in [6.07, 6.45) is 0.425. The average Bonchev–Trinajstić information content (AvgIpc) is 3.13. The van der Waals surface area contributed by atoms with Gasteiger partial charge >= 0.3 is 0 Å². The maximum Gasteiger partial charge on any atom is 0.269 e. The third-order valence-corrected chi connectivity index (χ3v) is 6.87. The first-order valence-corrected chi connectivity index (χ1v) is 11.6. The van der Waals surface area contributed by atoms with Gasteiger partial charge in [0, 0.05) is 16.4 Å². The van der Waals surface area contributed by atoms with E-state index in [9.17, 15) is 19.2 Å². The van der Waals surface area contributed by atoms with E-state index in [1.54, 1.807) is 24.3 Å². The topological polar surface area (TPSA) is 73.2 Å². The number of aryl methyl sites for hydroxylation is 1. The van der Waals surface area contributed by atoms with Gasteiger partial charge in [0.25, 0.3) is 5.91 Å². The van der Waals surface area contributed by atoms with Crippen molar-refractivity contribution >= 4 is 46.6 Å². The van der Waals surface area contributed by atoms with Gasteiger partial charge in [-0.25, -0.2) is 4.39 Å². The van der Waals surface area contributed by atoms with E-state index < -0.39 is 17.0 Å². The maximum atomic E-state index is 13.6. The highest BCUT2D eigenvalue weighted by molar-refractivity contribution is 8.05. The molecule has 2 amide bonds. The Hall–Kier alpha value is -3.60. The molecule has 4 rings (SSSR count). The lowest BCUT2D eigenvalue weighted by Gasteiger charge is -2.18. The highest BCUT2D eigenvalue weighted by Crippen LogP contribution is 2.42. The molecule has 0 radical (unpaired) electrons. The zero-order valence-corrected chi connectivity index (χ0v) is 19.7. The first-order chi connectivity index (χ1) is 16.4. The van der Waals surface area contributed by atoms with Gasteiger partial charge in [0.05, 0.1) is 5.25 Å². The molecule has 3 aromatic carbocycles. The molecule has 1 atom stereocenters. The molecule has 5 nitrogen and oxygen atoms in total. The number of benzene rings is 3. The van der Waals surface area contributed by atoms with Gasteiger partial charge in [0.1, 0.15) is 22.5 Å². The Labute approximate surface area is 205 Å². The molecule has 1 aliphatic rings. The summed E-state index contributed by atoms with van der Waals surface area (Å²) in [5, 5.41) is 12.7. The molecule has 1 heterocycles. The molecule has 1 saturated heterocycles. The fraction of sp³-hybridized carbons (Fsp3) is 0.115. The van der Waals surface area contributed by atoms with Crippen LogP contribution >= 0.6 is 23.4 Å². The van der Waals surface area contributed by atoms with Crippen molar-refractivity contribution < 1.29 is 14.0 Å². The number of carbonyl (C=O) groups excluding carboxylic acids is 2. The molecule has 1 N–H and O–H groups in total. The van der Waals surface area contributed by atoms with Crippen LogP contribution in [0.3, 0.4) is 0 Å². The van der Waals surface area contributed by atoms with Crippen molar-refractivity contribution in [1.29, 1.82) is 5.26 Å². The van der Waals surface area contributed by atoms with Crippen LogP contribution in [0.1, 0.15) is 11.1 Å². The molecule has 34 heavy (non-hydrogen) atoms. The van der Waals surface area contributed by atoms with E-state index in [1.165, 1.54) is 29.2 Å². The third-order valence-electron chi connectivity index (χ3n) is 5.36. The van der Waals surface area contributed by atoms with Crippen molar-refractivity contribution in [2.45, 2.75) is 18.6 Å². The van der Waals surface area contributed by atoms with Crippen LogP contribution in [-0.4, -0.2) is 17.1 Å². The lowest BCUT2D eigenvalue weighted by molar-refractivity contribution is -0.117. The van der Waals surface area contributed by atoms with Crippen LogP contribution in [0.25, 0.3) is 0 Å². The Morgan fingerprint density at radius 2 is 1.79 bits per heavy atom. The second-order valence-electron chi connectivity index (χ2n) is 7.64. The van der Waals surface area contributed by atoms with E-state index in [-0.39, 0.29) is 16.5 Å². The van der Waals surface area contributed by atoms with Crippen molar-refractivity contribution in [3.63, 3.8) is 0 Å². The first-order valence-electron chi connectivity index (χ1n) is 10.4. The van der Waals surface area contributed by atoms with Crippen LogP contribution in [0.2, 0.25) is 5.02 Å². The van der Waals surface area contributed by atoms with E-state index in [2.05, 4.69) is 5.32 Å². The Bertz CT molecular complexity index is 1320. The molecule has 0 spiro atoms. The van der Waals surface area contributed by atoms with Gasteiger partial charge in [0.15, 0.2) is 0 Å². The molecule has 0 aliphatic carbocycles. The number of hydrogen-bond donors (Lipinski definition) is 1. The fourth-order valence-corrected chi connectivity index (χ4v) is 5.00. The lowest BCUT2D eigenvalue weighted by Crippen LogP contribution is -2.31. The quantitative estimate of drug-likeness (QED) is 0.359. The Morgan fingerprint density at radius 3 is 2.44 bits per heavy atom. The molecule has 1 fully saturated rings. The summed E-state index contributed by atoms with van der Waals surface area (Å²) >= 11 is 7.06. The van der Waals surface area contributed by atoms with Crippen molar-refractivity contribution in [1.82, 2.24) is 0 Å². The number of nitrogens with zero attached hydrogens (tertiary/aromatic N) is 2. The second kappa shape index (κ2) is 10.1. The molecular weight excluding hydrogens is 473 g/mol.